The minimum absolute atomic E-state index is 0.160. The summed E-state index contributed by atoms with van der Waals surface area (Å²) in [5, 5.41) is 1.47. The van der Waals surface area contributed by atoms with E-state index in [0.717, 1.165) is 35.6 Å². The zero-order valence-electron chi connectivity index (χ0n) is 23.9. The molecule has 41 heavy (non-hydrogen) atoms. The van der Waals surface area contributed by atoms with Crippen LogP contribution >= 0.6 is 23.4 Å². The number of ether oxygens (including phenoxy) is 3. The Bertz CT molecular complexity index is 1340. The molecule has 3 nitrogen and oxygen atoms in total. The molecule has 0 spiro atoms. The highest BCUT2D eigenvalue weighted by atomic mass is 35.5. The first-order valence-electron chi connectivity index (χ1n) is 14.5. The molecule has 1 unspecified atom stereocenters. The molecule has 0 radical (unpaired) electrons. The van der Waals surface area contributed by atoms with E-state index in [-0.39, 0.29) is 12.2 Å². The van der Waals surface area contributed by atoms with Gasteiger partial charge in [-0.1, -0.05) is 96.5 Å². The van der Waals surface area contributed by atoms with E-state index in [4.69, 9.17) is 25.8 Å². The van der Waals surface area contributed by atoms with Crippen molar-refractivity contribution in [3.63, 3.8) is 0 Å². The zero-order chi connectivity index (χ0) is 28.4. The van der Waals surface area contributed by atoms with Gasteiger partial charge in [-0.05, 0) is 79.1 Å². The van der Waals surface area contributed by atoms with Crippen molar-refractivity contribution < 1.29 is 14.2 Å². The van der Waals surface area contributed by atoms with E-state index < -0.39 is 0 Å². The average Bonchev–Trinajstić information content (AvgIpc) is 2.99. The van der Waals surface area contributed by atoms with Gasteiger partial charge < -0.3 is 14.2 Å². The molecular formula is C36H39ClO3S. The summed E-state index contributed by atoms with van der Waals surface area (Å²) in [5.74, 6) is 0.893. The van der Waals surface area contributed by atoms with Crippen LogP contribution in [0.1, 0.15) is 59.8 Å². The van der Waals surface area contributed by atoms with Crippen molar-refractivity contribution in [2.45, 2.75) is 69.0 Å². The predicted molar refractivity (Wildman–Crippen MR) is 171 cm³/mol. The van der Waals surface area contributed by atoms with Crippen LogP contribution in [-0.2, 0) is 29.1 Å². The molecule has 0 aromatic heterocycles. The van der Waals surface area contributed by atoms with Gasteiger partial charge in [0.1, 0.15) is 5.75 Å². The molecule has 214 valence electrons. The molecule has 5 heteroatoms. The summed E-state index contributed by atoms with van der Waals surface area (Å²) in [4.78, 5) is 0. The maximum atomic E-state index is 6.71. The third-order valence-electron chi connectivity index (χ3n) is 7.23. The summed E-state index contributed by atoms with van der Waals surface area (Å²) in [6.45, 7) is 6.04. The number of benzene rings is 4. The van der Waals surface area contributed by atoms with Crippen LogP contribution in [0.3, 0.4) is 0 Å². The van der Waals surface area contributed by atoms with Crippen LogP contribution in [0.5, 0.6) is 5.75 Å². The van der Waals surface area contributed by atoms with Crippen molar-refractivity contribution in [2.24, 2.45) is 0 Å². The van der Waals surface area contributed by atoms with Gasteiger partial charge in [-0.2, -0.15) is 0 Å². The summed E-state index contributed by atoms with van der Waals surface area (Å²) >= 11 is 8.72. The molecule has 0 bridgehead atoms. The number of hydrogen-bond acceptors (Lipinski definition) is 4. The van der Waals surface area contributed by atoms with Gasteiger partial charge in [-0.15, -0.1) is 11.8 Å². The first kappa shape index (κ1) is 29.7. The molecule has 0 N–H and O–H groups in total. The lowest BCUT2D eigenvalue weighted by Gasteiger charge is -2.35. The highest BCUT2D eigenvalue weighted by Crippen LogP contribution is 2.45. The Morgan fingerprint density at radius 2 is 1.46 bits per heavy atom. The summed E-state index contributed by atoms with van der Waals surface area (Å²) < 4.78 is 18.5. The van der Waals surface area contributed by atoms with E-state index in [0.29, 0.717) is 30.3 Å². The van der Waals surface area contributed by atoms with Gasteiger partial charge in [0.15, 0.2) is 0 Å². The maximum absolute atomic E-state index is 6.71. The molecule has 1 saturated heterocycles. The van der Waals surface area contributed by atoms with Crippen LogP contribution in [0.2, 0.25) is 5.02 Å². The first-order valence-corrected chi connectivity index (χ1v) is 15.8. The molecule has 1 fully saturated rings. The molecule has 1 aliphatic rings. The van der Waals surface area contributed by atoms with Crippen LogP contribution in [0, 0.1) is 0 Å². The lowest BCUT2D eigenvalue weighted by atomic mass is 9.97. The fourth-order valence-electron chi connectivity index (χ4n) is 5.21. The van der Waals surface area contributed by atoms with Gasteiger partial charge in [-0.25, -0.2) is 0 Å². The second kappa shape index (κ2) is 14.9. The third kappa shape index (κ3) is 9.11. The average molecular weight is 587 g/mol. The second-order valence-corrected chi connectivity index (χ2v) is 12.9. The van der Waals surface area contributed by atoms with Gasteiger partial charge >= 0.3 is 0 Å². The molecule has 0 aliphatic carbocycles. The molecule has 0 amide bonds. The minimum atomic E-state index is 0.160. The van der Waals surface area contributed by atoms with Crippen LogP contribution in [0.25, 0.3) is 0 Å². The Balaban J connectivity index is 1.28. The van der Waals surface area contributed by atoms with Gasteiger partial charge in [0.05, 0.1) is 32.0 Å². The van der Waals surface area contributed by atoms with E-state index >= 15 is 0 Å². The molecule has 1 heterocycles. The molecule has 5 rings (SSSR count). The van der Waals surface area contributed by atoms with Gasteiger partial charge in [0, 0.05) is 15.5 Å². The number of rotatable bonds is 12. The van der Waals surface area contributed by atoms with Crippen molar-refractivity contribution in [1.29, 1.82) is 0 Å². The molecule has 0 saturated carbocycles. The summed E-state index contributed by atoms with van der Waals surface area (Å²) in [7, 11) is 0. The fraction of sp³-hybridized carbons (Fsp3) is 0.333. The largest absolute Gasteiger partial charge is 0.491 e. The van der Waals surface area contributed by atoms with Gasteiger partial charge in [0.25, 0.3) is 0 Å². The molecular weight excluding hydrogens is 548 g/mol. The fourth-order valence-corrected chi connectivity index (χ4v) is 6.99. The lowest BCUT2D eigenvalue weighted by molar-refractivity contribution is 0.0180. The Hall–Kier alpha value is -2.76. The number of halogens is 1. The topological polar surface area (TPSA) is 27.7 Å². The van der Waals surface area contributed by atoms with Crippen molar-refractivity contribution >= 4 is 23.4 Å². The highest BCUT2D eigenvalue weighted by molar-refractivity contribution is 8.00. The quantitative estimate of drug-likeness (QED) is 0.165. The lowest BCUT2D eigenvalue weighted by Crippen LogP contribution is -2.30. The van der Waals surface area contributed by atoms with E-state index in [1.165, 1.54) is 22.3 Å². The van der Waals surface area contributed by atoms with Crippen LogP contribution in [0.4, 0.5) is 0 Å². The predicted octanol–water partition coefficient (Wildman–Crippen LogP) is 9.46. The van der Waals surface area contributed by atoms with Crippen LogP contribution in [-0.4, -0.2) is 24.1 Å². The maximum Gasteiger partial charge on any atom is 0.119 e. The van der Waals surface area contributed by atoms with E-state index in [1.54, 1.807) is 0 Å². The summed E-state index contributed by atoms with van der Waals surface area (Å²) in [6.07, 6.45) is 3.06. The van der Waals surface area contributed by atoms with E-state index in [9.17, 15) is 0 Å². The minimum Gasteiger partial charge on any atom is -0.491 e. The van der Waals surface area contributed by atoms with Crippen molar-refractivity contribution in [3.8, 4) is 5.75 Å². The molecule has 4 aromatic rings. The van der Waals surface area contributed by atoms with Crippen molar-refractivity contribution in [3.05, 3.63) is 136 Å². The molecule has 1 aliphatic heterocycles. The van der Waals surface area contributed by atoms with Crippen LogP contribution < -0.4 is 4.74 Å². The Labute approximate surface area is 254 Å². The number of hydrogen-bond donors (Lipinski definition) is 0. The Morgan fingerprint density at radius 1 is 0.780 bits per heavy atom. The Morgan fingerprint density at radius 3 is 2.15 bits per heavy atom. The standard InChI is InChI=1S/C36H39ClO3S/c1-26(2)40-32-16-13-27(14-17-32)19-31-20-30(15-18-35(31)37)36-22-33(39-24-29-11-7-4-8-12-29)21-34(41-36)25-38-23-28-9-5-3-6-10-28/h3-18,20,26,33-34,36H,19,21-25H2,1-2H3/t33-,34?,36+/m0/s1. The first-order chi connectivity index (χ1) is 20.0. The van der Waals surface area contributed by atoms with E-state index in [1.807, 2.05) is 49.9 Å². The highest BCUT2D eigenvalue weighted by Gasteiger charge is 2.31. The normalized spacial score (nSPS) is 18.9. The summed E-state index contributed by atoms with van der Waals surface area (Å²) in [5.41, 5.74) is 6.07. The second-order valence-electron chi connectivity index (χ2n) is 11.0. The van der Waals surface area contributed by atoms with Crippen LogP contribution in [0.15, 0.2) is 103 Å². The smallest absolute Gasteiger partial charge is 0.119 e. The zero-order valence-corrected chi connectivity index (χ0v) is 25.5. The van der Waals surface area contributed by atoms with Crippen molar-refractivity contribution in [2.75, 3.05) is 6.61 Å². The van der Waals surface area contributed by atoms with Gasteiger partial charge in [-0.3, -0.25) is 0 Å². The van der Waals surface area contributed by atoms with Gasteiger partial charge in [0.2, 0.25) is 0 Å². The summed E-state index contributed by atoms with van der Waals surface area (Å²) in [6, 6.07) is 35.7. The van der Waals surface area contributed by atoms with E-state index in [2.05, 4.69) is 78.9 Å². The Kier molecular flexibility index (Phi) is 10.8. The van der Waals surface area contributed by atoms with Crippen molar-refractivity contribution in [1.82, 2.24) is 0 Å². The monoisotopic (exact) mass is 586 g/mol. The SMILES string of the molecule is CC(C)Oc1ccc(Cc2cc([C@H]3C[C@@H](OCc4ccccc4)CC(COCc4ccccc4)S3)ccc2Cl)cc1. The molecule has 4 aromatic carbocycles. The third-order valence-corrected chi connectivity index (χ3v) is 9.11. The number of thioether (sulfide) groups is 1. The molecule has 3 atom stereocenters.